The quantitative estimate of drug-likeness (QED) is 0.444. The molecule has 0 unspecified atom stereocenters. The van der Waals surface area contributed by atoms with Crippen LogP contribution in [-0.4, -0.2) is 17.0 Å². The maximum absolute atomic E-state index is 12.9. The Hall–Kier alpha value is -3.22. The van der Waals surface area contributed by atoms with Gasteiger partial charge in [-0.15, -0.1) is 5.10 Å². The van der Waals surface area contributed by atoms with Crippen LogP contribution in [0.2, 0.25) is 0 Å². The molecule has 0 aliphatic carbocycles. The number of alkyl halides is 3. The highest BCUT2D eigenvalue weighted by Crippen LogP contribution is 2.31. The second-order valence-corrected chi connectivity index (χ2v) is 5.20. The van der Waals surface area contributed by atoms with Gasteiger partial charge < -0.3 is 5.73 Å². The standard InChI is InChI=1S/C18H13F3N4/c19-18(20,21)14-7-3-1-6-13(14)11-23-25-17(22)16-10-9-12-5-2-4-8-15(12)24-16/h1-11H,(H2,22,25)/b23-11+. The Morgan fingerprint density at radius 2 is 1.68 bits per heavy atom. The largest absolute Gasteiger partial charge is 0.417 e. The first-order valence-electron chi connectivity index (χ1n) is 7.34. The van der Waals surface area contributed by atoms with E-state index in [-0.39, 0.29) is 11.4 Å². The predicted molar refractivity (Wildman–Crippen MR) is 91.5 cm³/mol. The highest BCUT2D eigenvalue weighted by atomic mass is 19.4. The molecule has 25 heavy (non-hydrogen) atoms. The summed E-state index contributed by atoms with van der Waals surface area (Å²) in [6.45, 7) is 0. The number of nitrogens with two attached hydrogens (primary N) is 1. The molecule has 0 radical (unpaired) electrons. The third kappa shape index (κ3) is 3.82. The number of para-hydroxylation sites is 1. The number of benzene rings is 2. The molecule has 126 valence electrons. The summed E-state index contributed by atoms with van der Waals surface area (Å²) in [6, 6.07) is 16.1. The topological polar surface area (TPSA) is 63.6 Å². The van der Waals surface area contributed by atoms with E-state index in [1.807, 2.05) is 30.3 Å². The Kier molecular flexibility index (Phi) is 4.47. The van der Waals surface area contributed by atoms with Gasteiger partial charge in [0.25, 0.3) is 0 Å². The van der Waals surface area contributed by atoms with Gasteiger partial charge in [0.05, 0.1) is 17.3 Å². The first-order valence-corrected chi connectivity index (χ1v) is 7.34. The van der Waals surface area contributed by atoms with Gasteiger partial charge in [-0.05, 0) is 18.2 Å². The van der Waals surface area contributed by atoms with Crippen LogP contribution in [0.25, 0.3) is 10.9 Å². The third-order valence-corrected chi connectivity index (χ3v) is 3.49. The molecule has 0 aliphatic rings. The first-order chi connectivity index (χ1) is 11.9. The summed E-state index contributed by atoms with van der Waals surface area (Å²) in [5.41, 5.74) is 6.10. The van der Waals surface area contributed by atoms with Gasteiger partial charge in [-0.25, -0.2) is 4.98 Å². The van der Waals surface area contributed by atoms with Crippen molar-refractivity contribution in [3.05, 3.63) is 77.5 Å². The number of rotatable bonds is 3. The molecule has 3 aromatic rings. The minimum absolute atomic E-state index is 0.0199. The second kappa shape index (κ2) is 6.72. The number of amidine groups is 1. The zero-order valence-corrected chi connectivity index (χ0v) is 12.9. The van der Waals surface area contributed by atoms with Gasteiger partial charge >= 0.3 is 6.18 Å². The SMILES string of the molecule is N/C(=N/N=C/c1ccccc1C(F)(F)F)c1ccc2ccccc2n1. The maximum Gasteiger partial charge on any atom is 0.417 e. The monoisotopic (exact) mass is 342 g/mol. The predicted octanol–water partition coefficient (Wildman–Crippen LogP) is 3.99. The van der Waals surface area contributed by atoms with Crippen molar-refractivity contribution in [2.75, 3.05) is 0 Å². The van der Waals surface area contributed by atoms with Crippen LogP contribution in [0.3, 0.4) is 0 Å². The summed E-state index contributed by atoms with van der Waals surface area (Å²) in [6.07, 6.45) is -3.44. The van der Waals surface area contributed by atoms with Gasteiger partial charge in [0.15, 0.2) is 5.84 Å². The summed E-state index contributed by atoms with van der Waals surface area (Å²) >= 11 is 0. The molecule has 2 aromatic carbocycles. The molecule has 0 aliphatic heterocycles. The van der Waals surface area contributed by atoms with Crippen LogP contribution in [0.1, 0.15) is 16.8 Å². The van der Waals surface area contributed by atoms with Gasteiger partial charge in [-0.1, -0.05) is 42.5 Å². The van der Waals surface area contributed by atoms with Crippen molar-refractivity contribution in [1.82, 2.24) is 4.98 Å². The van der Waals surface area contributed by atoms with E-state index in [1.54, 1.807) is 6.07 Å². The van der Waals surface area contributed by atoms with Crippen molar-refractivity contribution < 1.29 is 13.2 Å². The number of hydrogen-bond acceptors (Lipinski definition) is 3. The van der Waals surface area contributed by atoms with E-state index in [9.17, 15) is 13.2 Å². The number of fused-ring (bicyclic) bond motifs is 1. The van der Waals surface area contributed by atoms with Crippen molar-refractivity contribution >= 4 is 23.0 Å². The van der Waals surface area contributed by atoms with Gasteiger partial charge in [0.2, 0.25) is 0 Å². The first kappa shape index (κ1) is 16.6. The molecule has 0 amide bonds. The highest BCUT2D eigenvalue weighted by Gasteiger charge is 2.32. The Balaban J connectivity index is 1.87. The van der Waals surface area contributed by atoms with Crippen LogP contribution in [0.15, 0.2) is 70.9 Å². The Morgan fingerprint density at radius 3 is 2.48 bits per heavy atom. The number of halogens is 3. The Morgan fingerprint density at radius 1 is 0.960 bits per heavy atom. The van der Waals surface area contributed by atoms with Gasteiger partial charge in [0.1, 0.15) is 5.69 Å². The number of hydrogen-bond donors (Lipinski definition) is 1. The molecule has 7 heteroatoms. The third-order valence-electron chi connectivity index (χ3n) is 3.49. The van der Waals surface area contributed by atoms with Crippen molar-refractivity contribution in [3.63, 3.8) is 0 Å². The lowest BCUT2D eigenvalue weighted by Gasteiger charge is -2.08. The second-order valence-electron chi connectivity index (χ2n) is 5.20. The lowest BCUT2D eigenvalue weighted by Crippen LogP contribution is -2.14. The van der Waals surface area contributed by atoms with E-state index in [0.29, 0.717) is 5.69 Å². The molecule has 0 saturated carbocycles. The minimum Gasteiger partial charge on any atom is -0.380 e. The molecule has 4 nitrogen and oxygen atoms in total. The van der Waals surface area contributed by atoms with Crippen LogP contribution in [0, 0.1) is 0 Å². The molecule has 1 aromatic heterocycles. The van der Waals surface area contributed by atoms with E-state index in [1.165, 1.54) is 18.2 Å². The van der Waals surface area contributed by atoms with Crippen molar-refractivity contribution in [1.29, 1.82) is 0 Å². The lowest BCUT2D eigenvalue weighted by molar-refractivity contribution is -0.137. The van der Waals surface area contributed by atoms with Crippen LogP contribution in [-0.2, 0) is 6.18 Å². The van der Waals surface area contributed by atoms with Crippen LogP contribution < -0.4 is 5.73 Å². The smallest absolute Gasteiger partial charge is 0.380 e. The average Bonchev–Trinajstić information content (AvgIpc) is 2.60. The van der Waals surface area contributed by atoms with Crippen LogP contribution >= 0.6 is 0 Å². The normalized spacial score (nSPS) is 12.8. The van der Waals surface area contributed by atoms with E-state index in [2.05, 4.69) is 15.2 Å². The highest BCUT2D eigenvalue weighted by molar-refractivity contribution is 5.98. The van der Waals surface area contributed by atoms with Gasteiger partial charge in [0, 0.05) is 10.9 Å². The van der Waals surface area contributed by atoms with Crippen LogP contribution in [0.4, 0.5) is 13.2 Å². The van der Waals surface area contributed by atoms with E-state index < -0.39 is 11.7 Å². The van der Waals surface area contributed by atoms with E-state index >= 15 is 0 Å². The molecule has 1 heterocycles. The fourth-order valence-corrected chi connectivity index (χ4v) is 2.28. The fourth-order valence-electron chi connectivity index (χ4n) is 2.28. The molecule has 3 rings (SSSR count). The number of aromatic nitrogens is 1. The Labute approximate surface area is 141 Å². The molecule has 2 N–H and O–H groups in total. The molecule has 0 spiro atoms. The molecule has 0 saturated heterocycles. The van der Waals surface area contributed by atoms with Crippen molar-refractivity contribution in [3.8, 4) is 0 Å². The number of pyridine rings is 1. The summed E-state index contributed by atoms with van der Waals surface area (Å²) in [5, 5.41) is 8.37. The molecular formula is C18H13F3N4. The molecule has 0 atom stereocenters. The van der Waals surface area contributed by atoms with Crippen molar-refractivity contribution in [2.24, 2.45) is 15.9 Å². The van der Waals surface area contributed by atoms with E-state index in [0.717, 1.165) is 23.2 Å². The number of nitrogens with zero attached hydrogens (tertiary/aromatic N) is 3. The minimum atomic E-state index is -4.46. The zero-order chi connectivity index (χ0) is 17.9. The molecule has 0 bridgehead atoms. The fraction of sp³-hybridized carbons (Fsp3) is 0.0556. The Bertz CT molecular complexity index is 962. The molecule has 0 fully saturated rings. The zero-order valence-electron chi connectivity index (χ0n) is 12.9. The summed E-state index contributed by atoms with van der Waals surface area (Å²) in [7, 11) is 0. The summed E-state index contributed by atoms with van der Waals surface area (Å²) in [5.74, 6) is 0.0199. The van der Waals surface area contributed by atoms with Crippen molar-refractivity contribution in [2.45, 2.75) is 6.18 Å². The summed E-state index contributed by atoms with van der Waals surface area (Å²) < 4.78 is 38.7. The summed E-state index contributed by atoms with van der Waals surface area (Å²) in [4.78, 5) is 4.35. The van der Waals surface area contributed by atoms with Gasteiger partial charge in [-0.3, -0.25) is 0 Å². The maximum atomic E-state index is 12.9. The van der Waals surface area contributed by atoms with Gasteiger partial charge in [-0.2, -0.15) is 18.3 Å². The lowest BCUT2D eigenvalue weighted by atomic mass is 10.1. The van der Waals surface area contributed by atoms with Crippen LogP contribution in [0.5, 0.6) is 0 Å². The average molecular weight is 342 g/mol. The van der Waals surface area contributed by atoms with E-state index in [4.69, 9.17) is 5.73 Å². The molecular weight excluding hydrogens is 329 g/mol.